The molecule has 130 valence electrons. The number of alkyl halides is 3. The van der Waals surface area contributed by atoms with Crippen molar-refractivity contribution in [2.24, 2.45) is 0 Å². The zero-order valence-electron chi connectivity index (χ0n) is 13.3. The summed E-state index contributed by atoms with van der Waals surface area (Å²) in [5.74, 6) is 0. The number of hydrogen-bond acceptors (Lipinski definition) is 1. The van der Waals surface area contributed by atoms with Crippen molar-refractivity contribution >= 4 is 22.5 Å². The van der Waals surface area contributed by atoms with E-state index in [1.165, 1.54) is 11.8 Å². The number of rotatable bonds is 1. The molecular weight excluding hydrogens is 349 g/mol. The van der Waals surface area contributed by atoms with Crippen molar-refractivity contribution in [3.05, 3.63) is 58.7 Å². The van der Waals surface area contributed by atoms with Crippen molar-refractivity contribution in [3.63, 3.8) is 0 Å². The first-order chi connectivity index (χ1) is 11.9. The predicted octanol–water partition coefficient (Wildman–Crippen LogP) is 5.13. The summed E-state index contributed by atoms with van der Waals surface area (Å²) in [5.41, 5.74) is 3.12. The third kappa shape index (κ3) is 3.02. The first-order valence-corrected chi connectivity index (χ1v) is 8.51. The Bertz CT molecular complexity index is 944. The average Bonchev–Trinajstić information content (AvgIpc) is 2.74. The van der Waals surface area contributed by atoms with E-state index in [1.807, 2.05) is 18.2 Å². The minimum atomic E-state index is -4.39. The molecule has 3 aromatic rings. The molecule has 1 aromatic heterocycles. The summed E-state index contributed by atoms with van der Waals surface area (Å²) in [5, 5.41) is 4.58. The highest BCUT2D eigenvalue weighted by molar-refractivity contribution is 6.33. The van der Waals surface area contributed by atoms with Gasteiger partial charge in [0, 0.05) is 53.2 Å². The summed E-state index contributed by atoms with van der Waals surface area (Å²) in [6.07, 6.45) is -3.43. The molecule has 1 aliphatic heterocycles. The Balaban J connectivity index is 1.78. The van der Waals surface area contributed by atoms with E-state index in [9.17, 15) is 13.2 Å². The molecule has 25 heavy (non-hydrogen) atoms. The van der Waals surface area contributed by atoms with Gasteiger partial charge >= 0.3 is 6.18 Å². The van der Waals surface area contributed by atoms with Crippen LogP contribution in [0.5, 0.6) is 0 Å². The largest absolute Gasteiger partial charge is 0.416 e. The van der Waals surface area contributed by atoms with Crippen LogP contribution in [0.25, 0.3) is 22.0 Å². The van der Waals surface area contributed by atoms with Crippen LogP contribution in [0.2, 0.25) is 5.02 Å². The minimum Gasteiger partial charge on any atom is -0.343 e. The number of hydrogen-bond donors (Lipinski definition) is 1. The van der Waals surface area contributed by atoms with E-state index in [-0.39, 0.29) is 5.02 Å². The van der Waals surface area contributed by atoms with Gasteiger partial charge in [-0.15, -0.1) is 0 Å². The summed E-state index contributed by atoms with van der Waals surface area (Å²) in [4.78, 5) is 0. The van der Waals surface area contributed by atoms with Crippen LogP contribution in [0, 0.1) is 0 Å². The molecule has 0 aliphatic carbocycles. The second kappa shape index (κ2) is 6.07. The zero-order valence-corrected chi connectivity index (χ0v) is 14.1. The first kappa shape index (κ1) is 16.5. The quantitative estimate of drug-likeness (QED) is 0.633. The fourth-order valence-electron chi connectivity index (χ4n) is 3.42. The van der Waals surface area contributed by atoms with E-state index in [1.54, 1.807) is 0 Å². The molecule has 0 saturated heterocycles. The van der Waals surface area contributed by atoms with Gasteiger partial charge in [-0.3, -0.25) is 0 Å². The second-order valence-electron chi connectivity index (χ2n) is 6.25. The van der Waals surface area contributed by atoms with Crippen LogP contribution >= 0.6 is 11.6 Å². The number of benzene rings is 2. The van der Waals surface area contributed by atoms with Crippen molar-refractivity contribution in [2.75, 3.05) is 13.1 Å². The molecule has 0 radical (unpaired) electrons. The van der Waals surface area contributed by atoms with Gasteiger partial charge in [0.1, 0.15) is 0 Å². The molecule has 0 unspecified atom stereocenters. The lowest BCUT2D eigenvalue weighted by molar-refractivity contribution is -0.137. The van der Waals surface area contributed by atoms with Crippen molar-refractivity contribution in [3.8, 4) is 11.1 Å². The van der Waals surface area contributed by atoms with Gasteiger partial charge in [-0.05, 0) is 35.9 Å². The van der Waals surface area contributed by atoms with Gasteiger partial charge in [0.25, 0.3) is 0 Å². The maximum atomic E-state index is 12.8. The molecule has 6 heteroatoms. The molecule has 2 aromatic carbocycles. The average molecular weight is 365 g/mol. The first-order valence-electron chi connectivity index (χ1n) is 8.13. The lowest BCUT2D eigenvalue weighted by Gasteiger charge is -2.11. The smallest absolute Gasteiger partial charge is 0.343 e. The van der Waals surface area contributed by atoms with Crippen molar-refractivity contribution in [1.82, 2.24) is 9.88 Å². The van der Waals surface area contributed by atoms with E-state index < -0.39 is 11.7 Å². The van der Waals surface area contributed by atoms with Crippen LogP contribution in [0.1, 0.15) is 11.3 Å². The minimum absolute atomic E-state index is 0.110. The molecule has 0 spiro atoms. The SMILES string of the molecule is FC(F)(F)c1ccc(-c2ccc3c(c2)cc2n3CCNCC2)c(Cl)c1. The fraction of sp³-hybridized carbons (Fsp3) is 0.263. The molecule has 0 amide bonds. The summed E-state index contributed by atoms with van der Waals surface area (Å²) in [6, 6.07) is 11.6. The summed E-state index contributed by atoms with van der Waals surface area (Å²) >= 11 is 6.13. The maximum absolute atomic E-state index is 12.8. The number of nitrogens with zero attached hydrogens (tertiary/aromatic N) is 1. The monoisotopic (exact) mass is 364 g/mol. The molecule has 4 rings (SSSR count). The Kier molecular flexibility index (Phi) is 4.01. The number of halogens is 4. The highest BCUT2D eigenvalue weighted by Gasteiger charge is 2.31. The molecule has 1 aliphatic rings. The predicted molar refractivity (Wildman–Crippen MR) is 94.0 cm³/mol. The van der Waals surface area contributed by atoms with E-state index >= 15 is 0 Å². The Morgan fingerprint density at radius 2 is 1.84 bits per heavy atom. The third-order valence-corrected chi connectivity index (χ3v) is 4.98. The molecular formula is C19H16ClF3N2. The highest BCUT2D eigenvalue weighted by atomic mass is 35.5. The van der Waals surface area contributed by atoms with Crippen LogP contribution in [0.15, 0.2) is 42.5 Å². The highest BCUT2D eigenvalue weighted by Crippen LogP contribution is 2.36. The molecule has 0 fully saturated rings. The topological polar surface area (TPSA) is 17.0 Å². The van der Waals surface area contributed by atoms with E-state index in [0.717, 1.165) is 54.7 Å². The zero-order chi connectivity index (χ0) is 17.6. The summed E-state index contributed by atoms with van der Waals surface area (Å²) < 4.78 is 40.7. The van der Waals surface area contributed by atoms with Crippen LogP contribution < -0.4 is 5.32 Å². The van der Waals surface area contributed by atoms with Crippen LogP contribution in [0.4, 0.5) is 13.2 Å². The Hall–Kier alpha value is -1.98. The van der Waals surface area contributed by atoms with Crippen molar-refractivity contribution < 1.29 is 13.2 Å². The molecule has 0 bridgehead atoms. The Morgan fingerprint density at radius 1 is 1.00 bits per heavy atom. The normalized spacial score (nSPS) is 15.2. The Labute approximate surface area is 148 Å². The number of nitrogens with one attached hydrogen (secondary N) is 1. The lowest BCUT2D eigenvalue weighted by atomic mass is 10.0. The van der Waals surface area contributed by atoms with Crippen LogP contribution in [0.3, 0.4) is 0 Å². The molecule has 1 N–H and O–H groups in total. The summed E-state index contributed by atoms with van der Waals surface area (Å²) in [6.45, 7) is 2.80. The summed E-state index contributed by atoms with van der Waals surface area (Å²) in [7, 11) is 0. The lowest BCUT2D eigenvalue weighted by Crippen LogP contribution is -2.17. The molecule has 2 nitrogen and oxygen atoms in total. The van der Waals surface area contributed by atoms with Gasteiger partial charge in [-0.2, -0.15) is 13.2 Å². The molecule has 0 saturated carbocycles. The fourth-order valence-corrected chi connectivity index (χ4v) is 3.71. The standard InChI is InChI=1S/C19H16ClF3N2/c20-17-11-14(19(21,22)23)2-3-16(17)12-1-4-18-13(9-12)10-15-5-6-24-7-8-25(15)18/h1-4,9-11,24H,5-8H2. The number of aromatic nitrogens is 1. The van der Waals surface area contributed by atoms with E-state index in [2.05, 4.69) is 16.0 Å². The van der Waals surface area contributed by atoms with Crippen LogP contribution in [-0.2, 0) is 19.1 Å². The Morgan fingerprint density at radius 3 is 2.60 bits per heavy atom. The molecule has 2 heterocycles. The van der Waals surface area contributed by atoms with Crippen molar-refractivity contribution in [1.29, 1.82) is 0 Å². The van der Waals surface area contributed by atoms with Gasteiger partial charge in [-0.1, -0.05) is 23.7 Å². The molecule has 0 atom stereocenters. The van der Waals surface area contributed by atoms with Gasteiger partial charge in [0.05, 0.1) is 5.56 Å². The van der Waals surface area contributed by atoms with Gasteiger partial charge < -0.3 is 9.88 Å². The third-order valence-electron chi connectivity index (χ3n) is 4.66. The van der Waals surface area contributed by atoms with Crippen LogP contribution in [-0.4, -0.2) is 17.7 Å². The van der Waals surface area contributed by atoms with E-state index in [0.29, 0.717) is 5.56 Å². The van der Waals surface area contributed by atoms with Crippen molar-refractivity contribution in [2.45, 2.75) is 19.1 Å². The van der Waals surface area contributed by atoms with E-state index in [4.69, 9.17) is 11.6 Å². The maximum Gasteiger partial charge on any atom is 0.416 e. The van der Waals surface area contributed by atoms with Gasteiger partial charge in [0.2, 0.25) is 0 Å². The second-order valence-corrected chi connectivity index (χ2v) is 6.66. The van der Waals surface area contributed by atoms with Gasteiger partial charge in [0.15, 0.2) is 0 Å². The van der Waals surface area contributed by atoms with Gasteiger partial charge in [-0.25, -0.2) is 0 Å². The number of fused-ring (bicyclic) bond motifs is 3.